The highest BCUT2D eigenvalue weighted by Gasteiger charge is 2.46. The quantitative estimate of drug-likeness (QED) is 0.804. The van der Waals surface area contributed by atoms with Crippen LogP contribution in [-0.4, -0.2) is 28.6 Å². The molecular formula is C18H21NO2. The molecule has 0 bridgehead atoms. The maximum atomic E-state index is 13.0. The van der Waals surface area contributed by atoms with Crippen molar-refractivity contribution in [2.24, 2.45) is 11.8 Å². The van der Waals surface area contributed by atoms with Crippen LogP contribution < -0.4 is 0 Å². The smallest absolute Gasteiger partial charge is 0.227 e. The molecule has 1 aromatic carbocycles. The number of carbonyl (C=O) groups is 1. The Hall–Kier alpha value is -1.61. The minimum Gasteiger partial charge on any atom is -0.394 e. The summed E-state index contributed by atoms with van der Waals surface area (Å²) in [5.74, 6) is 0.762. The second kappa shape index (κ2) is 4.99. The third kappa shape index (κ3) is 1.95. The molecule has 4 rings (SSSR count). The standard InChI is InChI=1S/C18H21NO2/c20-11-14-9-12-5-1-3-7-15(12)17-10-13-6-2-4-8-16(13)18(21)19(14)17/h1-3,5-7,13-14,16-17,20H,4,8-11H2/t13-,14?,16-,17-/m1/s1. The molecule has 0 spiro atoms. The van der Waals surface area contributed by atoms with Crippen molar-refractivity contribution in [1.82, 2.24) is 4.90 Å². The van der Waals surface area contributed by atoms with Crippen LogP contribution in [0.1, 0.15) is 36.4 Å². The number of aliphatic hydroxyl groups excluding tert-OH is 1. The molecule has 4 atom stereocenters. The number of hydrogen-bond donors (Lipinski definition) is 1. The van der Waals surface area contributed by atoms with Gasteiger partial charge >= 0.3 is 0 Å². The molecule has 110 valence electrons. The van der Waals surface area contributed by atoms with Gasteiger partial charge in [0.15, 0.2) is 0 Å². The zero-order chi connectivity index (χ0) is 14.4. The fourth-order valence-electron chi connectivity index (χ4n) is 4.42. The number of carbonyl (C=O) groups excluding carboxylic acids is 1. The Morgan fingerprint density at radius 3 is 3.00 bits per heavy atom. The largest absolute Gasteiger partial charge is 0.394 e. The van der Waals surface area contributed by atoms with Crippen molar-refractivity contribution in [3.63, 3.8) is 0 Å². The first-order valence-corrected chi connectivity index (χ1v) is 7.97. The Balaban J connectivity index is 1.78. The van der Waals surface area contributed by atoms with Crippen LogP contribution in [-0.2, 0) is 11.2 Å². The van der Waals surface area contributed by atoms with Crippen LogP contribution in [0.25, 0.3) is 0 Å². The molecule has 1 unspecified atom stereocenters. The van der Waals surface area contributed by atoms with Gasteiger partial charge in [-0.05, 0) is 42.7 Å². The van der Waals surface area contributed by atoms with Gasteiger partial charge in [-0.15, -0.1) is 0 Å². The SMILES string of the molecule is O=C1[C@@H]2CCC=C[C@@H]2C[C@@H]2c3ccccc3CC(CO)N12. The normalized spacial score (nSPS) is 34.1. The van der Waals surface area contributed by atoms with Crippen molar-refractivity contribution >= 4 is 5.91 Å². The highest BCUT2D eigenvalue weighted by Crippen LogP contribution is 2.46. The predicted octanol–water partition coefficient (Wildman–Crippen LogP) is 2.46. The van der Waals surface area contributed by atoms with E-state index in [4.69, 9.17) is 0 Å². The van der Waals surface area contributed by atoms with E-state index in [1.807, 2.05) is 4.90 Å². The molecule has 1 saturated heterocycles. The van der Waals surface area contributed by atoms with Crippen molar-refractivity contribution in [3.05, 3.63) is 47.5 Å². The van der Waals surface area contributed by atoms with Gasteiger partial charge in [-0.25, -0.2) is 0 Å². The molecule has 21 heavy (non-hydrogen) atoms. The lowest BCUT2D eigenvalue weighted by atomic mass is 9.71. The Labute approximate surface area is 125 Å². The van der Waals surface area contributed by atoms with Gasteiger partial charge in [0.1, 0.15) is 0 Å². The van der Waals surface area contributed by atoms with E-state index in [1.54, 1.807) is 0 Å². The highest BCUT2D eigenvalue weighted by molar-refractivity contribution is 5.82. The molecule has 0 saturated carbocycles. The summed E-state index contributed by atoms with van der Waals surface area (Å²) < 4.78 is 0. The number of allylic oxidation sites excluding steroid dienone is 2. The van der Waals surface area contributed by atoms with Crippen LogP contribution in [0.3, 0.4) is 0 Å². The number of aliphatic hydroxyl groups is 1. The summed E-state index contributed by atoms with van der Waals surface area (Å²) in [5, 5.41) is 9.76. The van der Waals surface area contributed by atoms with Crippen molar-refractivity contribution in [2.75, 3.05) is 6.61 Å². The maximum absolute atomic E-state index is 13.0. The summed E-state index contributed by atoms with van der Waals surface area (Å²) in [6.45, 7) is 0.0593. The maximum Gasteiger partial charge on any atom is 0.227 e. The van der Waals surface area contributed by atoms with Crippen LogP contribution in [0.2, 0.25) is 0 Å². The van der Waals surface area contributed by atoms with Crippen molar-refractivity contribution in [2.45, 2.75) is 37.8 Å². The summed E-state index contributed by atoms with van der Waals surface area (Å²) in [5.41, 5.74) is 2.58. The van der Waals surface area contributed by atoms with Crippen molar-refractivity contribution in [1.29, 1.82) is 0 Å². The second-order valence-electron chi connectivity index (χ2n) is 6.51. The van der Waals surface area contributed by atoms with Crippen LogP contribution in [0, 0.1) is 11.8 Å². The zero-order valence-electron chi connectivity index (χ0n) is 12.1. The molecule has 0 aromatic heterocycles. The first-order valence-electron chi connectivity index (χ1n) is 7.97. The summed E-state index contributed by atoms with van der Waals surface area (Å²) in [7, 11) is 0. The molecular weight excluding hydrogens is 262 g/mol. The molecule has 2 aliphatic heterocycles. The number of benzene rings is 1. The van der Waals surface area contributed by atoms with Gasteiger partial charge < -0.3 is 10.0 Å². The number of piperidine rings is 1. The van der Waals surface area contributed by atoms with Gasteiger partial charge in [0.2, 0.25) is 5.91 Å². The molecule has 3 aliphatic rings. The van der Waals surface area contributed by atoms with E-state index in [0.717, 1.165) is 25.7 Å². The monoisotopic (exact) mass is 283 g/mol. The lowest BCUT2D eigenvalue weighted by molar-refractivity contribution is -0.150. The fraction of sp³-hybridized carbons (Fsp3) is 0.500. The Bertz CT molecular complexity index is 595. The first kappa shape index (κ1) is 13.1. The molecule has 1 fully saturated rings. The van der Waals surface area contributed by atoms with Crippen LogP contribution in [0.4, 0.5) is 0 Å². The minimum absolute atomic E-state index is 0.0516. The van der Waals surface area contributed by atoms with E-state index in [2.05, 4.69) is 36.4 Å². The fourth-order valence-corrected chi connectivity index (χ4v) is 4.42. The summed E-state index contributed by atoms with van der Waals surface area (Å²) in [6, 6.07) is 8.50. The lowest BCUT2D eigenvalue weighted by Gasteiger charge is -2.50. The molecule has 1 aliphatic carbocycles. The van der Waals surface area contributed by atoms with Gasteiger partial charge in [-0.2, -0.15) is 0 Å². The molecule has 1 aromatic rings. The average Bonchev–Trinajstić information content (AvgIpc) is 2.54. The van der Waals surface area contributed by atoms with Gasteiger partial charge in [0.05, 0.1) is 18.7 Å². The number of amides is 1. The molecule has 3 nitrogen and oxygen atoms in total. The first-order chi connectivity index (χ1) is 10.3. The predicted molar refractivity (Wildman–Crippen MR) is 80.6 cm³/mol. The third-order valence-electron chi connectivity index (χ3n) is 5.42. The highest BCUT2D eigenvalue weighted by atomic mass is 16.3. The van der Waals surface area contributed by atoms with Gasteiger partial charge in [0.25, 0.3) is 0 Å². The molecule has 1 N–H and O–H groups in total. The summed E-state index contributed by atoms with van der Waals surface area (Å²) in [6.07, 6.45) is 8.22. The van der Waals surface area contributed by atoms with E-state index >= 15 is 0 Å². The average molecular weight is 283 g/mol. The molecule has 2 heterocycles. The Morgan fingerprint density at radius 1 is 1.29 bits per heavy atom. The van der Waals surface area contributed by atoms with Gasteiger partial charge in [-0.3, -0.25) is 4.79 Å². The topological polar surface area (TPSA) is 40.5 Å². The summed E-state index contributed by atoms with van der Waals surface area (Å²) >= 11 is 0. The number of hydrogen-bond acceptors (Lipinski definition) is 2. The van der Waals surface area contributed by atoms with E-state index < -0.39 is 0 Å². The third-order valence-corrected chi connectivity index (χ3v) is 5.42. The van der Waals surface area contributed by atoms with E-state index in [9.17, 15) is 9.90 Å². The van der Waals surface area contributed by atoms with Crippen LogP contribution >= 0.6 is 0 Å². The zero-order valence-corrected chi connectivity index (χ0v) is 12.1. The second-order valence-corrected chi connectivity index (χ2v) is 6.51. The molecule has 3 heteroatoms. The van der Waals surface area contributed by atoms with E-state index in [1.165, 1.54) is 11.1 Å². The van der Waals surface area contributed by atoms with E-state index in [-0.39, 0.29) is 30.5 Å². The minimum atomic E-state index is -0.0516. The number of fused-ring (bicyclic) bond motifs is 4. The summed E-state index contributed by atoms with van der Waals surface area (Å²) in [4.78, 5) is 15.0. The lowest BCUT2D eigenvalue weighted by Crippen LogP contribution is -2.56. The van der Waals surface area contributed by atoms with Crippen LogP contribution in [0.5, 0.6) is 0 Å². The number of nitrogens with zero attached hydrogens (tertiary/aromatic N) is 1. The number of rotatable bonds is 1. The van der Waals surface area contributed by atoms with Crippen molar-refractivity contribution < 1.29 is 9.90 Å². The van der Waals surface area contributed by atoms with Gasteiger partial charge in [-0.1, -0.05) is 36.4 Å². The Kier molecular flexibility index (Phi) is 3.11. The van der Waals surface area contributed by atoms with Crippen molar-refractivity contribution in [3.8, 4) is 0 Å². The van der Waals surface area contributed by atoms with E-state index in [0.29, 0.717) is 5.92 Å². The van der Waals surface area contributed by atoms with Gasteiger partial charge in [0, 0.05) is 5.92 Å². The molecule has 1 amide bonds. The van der Waals surface area contributed by atoms with Crippen LogP contribution in [0.15, 0.2) is 36.4 Å². The molecule has 0 radical (unpaired) electrons. The Morgan fingerprint density at radius 2 is 2.14 bits per heavy atom.